The van der Waals surface area contributed by atoms with E-state index in [1.807, 2.05) is 31.2 Å². The summed E-state index contributed by atoms with van der Waals surface area (Å²) in [5.74, 6) is 2.30. The summed E-state index contributed by atoms with van der Waals surface area (Å²) >= 11 is 0. The van der Waals surface area contributed by atoms with Crippen LogP contribution in [0.25, 0.3) is 0 Å². The highest BCUT2D eigenvalue weighted by molar-refractivity contribution is 5.42. The monoisotopic (exact) mass is 245 g/mol. The van der Waals surface area contributed by atoms with Gasteiger partial charge in [-0.15, -0.1) is 0 Å². The summed E-state index contributed by atoms with van der Waals surface area (Å²) in [4.78, 5) is 8.43. The molecule has 0 amide bonds. The molecule has 94 valence electrons. The number of nitrogens with one attached hydrogen (secondary N) is 1. The highest BCUT2D eigenvalue weighted by atomic mass is 16.5. The van der Waals surface area contributed by atoms with E-state index in [0.717, 1.165) is 5.69 Å². The first-order chi connectivity index (χ1) is 8.72. The average Bonchev–Trinajstić information content (AvgIpc) is 2.38. The highest BCUT2D eigenvalue weighted by Crippen LogP contribution is 2.30. The van der Waals surface area contributed by atoms with Gasteiger partial charge in [0.05, 0.1) is 7.11 Å². The third kappa shape index (κ3) is 2.68. The van der Waals surface area contributed by atoms with Gasteiger partial charge in [0.15, 0.2) is 11.5 Å². The van der Waals surface area contributed by atoms with E-state index in [1.165, 1.54) is 0 Å². The molecule has 2 rings (SSSR count). The molecule has 5 heteroatoms. The quantitative estimate of drug-likeness (QED) is 0.897. The van der Waals surface area contributed by atoms with E-state index >= 15 is 0 Å². The zero-order valence-electron chi connectivity index (χ0n) is 10.6. The third-order valence-electron chi connectivity index (χ3n) is 2.34. The van der Waals surface area contributed by atoms with Crippen molar-refractivity contribution >= 4 is 5.95 Å². The lowest BCUT2D eigenvalue weighted by Crippen LogP contribution is -2.00. The van der Waals surface area contributed by atoms with Crippen LogP contribution in [0, 0.1) is 6.92 Å². The van der Waals surface area contributed by atoms with E-state index in [0.29, 0.717) is 23.3 Å². The zero-order valence-corrected chi connectivity index (χ0v) is 10.6. The Morgan fingerprint density at radius 2 is 1.83 bits per heavy atom. The maximum atomic E-state index is 5.71. The number of aryl methyl sites for hydroxylation is 1. The maximum Gasteiger partial charge on any atom is 0.225 e. The number of methoxy groups -OCH3 is 1. The van der Waals surface area contributed by atoms with Gasteiger partial charge < -0.3 is 14.8 Å². The molecule has 0 saturated carbocycles. The maximum absolute atomic E-state index is 5.71. The summed E-state index contributed by atoms with van der Waals surface area (Å²) in [6.07, 6.45) is 0. The minimum absolute atomic E-state index is 0.483. The Hall–Kier alpha value is -2.30. The average molecular weight is 245 g/mol. The van der Waals surface area contributed by atoms with Crippen LogP contribution in [-0.2, 0) is 0 Å². The summed E-state index contributed by atoms with van der Waals surface area (Å²) in [6, 6.07) is 9.20. The predicted molar refractivity (Wildman–Crippen MR) is 69.4 cm³/mol. The van der Waals surface area contributed by atoms with Crippen LogP contribution in [0.2, 0.25) is 0 Å². The van der Waals surface area contributed by atoms with Crippen LogP contribution >= 0.6 is 0 Å². The molecule has 0 spiro atoms. The van der Waals surface area contributed by atoms with Gasteiger partial charge >= 0.3 is 0 Å². The largest absolute Gasteiger partial charge is 0.493 e. The van der Waals surface area contributed by atoms with Gasteiger partial charge in [0.25, 0.3) is 0 Å². The van der Waals surface area contributed by atoms with Crippen LogP contribution in [0.1, 0.15) is 5.69 Å². The van der Waals surface area contributed by atoms with Crippen molar-refractivity contribution in [3.63, 3.8) is 0 Å². The number of nitrogens with zero attached hydrogens (tertiary/aromatic N) is 2. The van der Waals surface area contributed by atoms with Crippen molar-refractivity contribution < 1.29 is 9.47 Å². The Morgan fingerprint density at radius 1 is 1.11 bits per heavy atom. The number of aromatic nitrogens is 2. The van der Waals surface area contributed by atoms with Crippen LogP contribution in [-0.4, -0.2) is 24.1 Å². The number of hydrogen-bond donors (Lipinski definition) is 1. The summed E-state index contributed by atoms with van der Waals surface area (Å²) in [5, 5.41) is 2.89. The molecular weight excluding hydrogens is 230 g/mol. The Labute approximate surface area is 106 Å². The molecule has 1 heterocycles. The van der Waals surface area contributed by atoms with Gasteiger partial charge in [-0.1, -0.05) is 12.1 Å². The minimum atomic E-state index is 0.483. The second kappa shape index (κ2) is 5.35. The fourth-order valence-electron chi connectivity index (χ4n) is 1.52. The number of benzene rings is 1. The van der Waals surface area contributed by atoms with Gasteiger partial charge in [0.2, 0.25) is 11.8 Å². The molecule has 0 atom stereocenters. The van der Waals surface area contributed by atoms with Gasteiger partial charge in [0.1, 0.15) is 0 Å². The van der Waals surface area contributed by atoms with Gasteiger partial charge in [-0.3, -0.25) is 0 Å². The van der Waals surface area contributed by atoms with E-state index < -0.39 is 0 Å². The summed E-state index contributed by atoms with van der Waals surface area (Å²) in [5.41, 5.74) is 0.833. The molecule has 5 nitrogen and oxygen atoms in total. The van der Waals surface area contributed by atoms with Crippen molar-refractivity contribution in [3.05, 3.63) is 36.0 Å². The minimum Gasteiger partial charge on any atom is -0.493 e. The fraction of sp³-hybridized carbons (Fsp3) is 0.231. The standard InChI is InChI=1S/C13H15N3O2/c1-9-8-12(16-13(14-2)15-9)18-11-7-5-4-6-10(11)17-3/h4-8H,1-3H3,(H,14,15,16). The van der Waals surface area contributed by atoms with Gasteiger partial charge in [-0.25, -0.2) is 4.98 Å². The van der Waals surface area contributed by atoms with E-state index in [1.54, 1.807) is 20.2 Å². The van der Waals surface area contributed by atoms with Crippen molar-refractivity contribution in [1.29, 1.82) is 0 Å². The van der Waals surface area contributed by atoms with Gasteiger partial charge in [0, 0.05) is 18.8 Å². The van der Waals surface area contributed by atoms with Crippen molar-refractivity contribution in [3.8, 4) is 17.4 Å². The molecule has 0 saturated heterocycles. The lowest BCUT2D eigenvalue weighted by atomic mass is 10.3. The first-order valence-electron chi connectivity index (χ1n) is 5.57. The second-order valence-corrected chi connectivity index (χ2v) is 3.67. The fourth-order valence-corrected chi connectivity index (χ4v) is 1.52. The van der Waals surface area contributed by atoms with Gasteiger partial charge in [-0.05, 0) is 19.1 Å². The molecule has 18 heavy (non-hydrogen) atoms. The van der Waals surface area contributed by atoms with Crippen molar-refractivity contribution in [2.45, 2.75) is 6.92 Å². The molecule has 0 fully saturated rings. The first-order valence-corrected chi connectivity index (χ1v) is 5.57. The smallest absolute Gasteiger partial charge is 0.225 e. The molecule has 1 aromatic heterocycles. The second-order valence-electron chi connectivity index (χ2n) is 3.67. The number of ether oxygens (including phenoxy) is 2. The van der Waals surface area contributed by atoms with Gasteiger partial charge in [-0.2, -0.15) is 4.98 Å². The predicted octanol–water partition coefficient (Wildman–Crippen LogP) is 2.63. The molecule has 1 N–H and O–H groups in total. The Balaban J connectivity index is 2.30. The zero-order chi connectivity index (χ0) is 13.0. The van der Waals surface area contributed by atoms with Crippen LogP contribution < -0.4 is 14.8 Å². The van der Waals surface area contributed by atoms with E-state index in [4.69, 9.17) is 9.47 Å². The number of hydrogen-bond acceptors (Lipinski definition) is 5. The van der Waals surface area contributed by atoms with E-state index in [2.05, 4.69) is 15.3 Å². The Kier molecular flexibility index (Phi) is 3.62. The van der Waals surface area contributed by atoms with Crippen LogP contribution in [0.5, 0.6) is 17.4 Å². The number of rotatable bonds is 4. The molecule has 0 unspecified atom stereocenters. The van der Waals surface area contributed by atoms with Crippen LogP contribution in [0.4, 0.5) is 5.95 Å². The molecule has 0 aliphatic carbocycles. The molecule has 1 aromatic carbocycles. The first kappa shape index (κ1) is 12.2. The highest BCUT2D eigenvalue weighted by Gasteiger charge is 2.07. The van der Waals surface area contributed by atoms with Crippen molar-refractivity contribution in [2.75, 3.05) is 19.5 Å². The normalized spacial score (nSPS) is 9.94. The van der Waals surface area contributed by atoms with Crippen molar-refractivity contribution in [2.24, 2.45) is 0 Å². The molecule has 0 bridgehead atoms. The Bertz CT molecular complexity index is 544. The van der Waals surface area contributed by atoms with Crippen LogP contribution in [0.3, 0.4) is 0 Å². The summed E-state index contributed by atoms with van der Waals surface area (Å²) in [6.45, 7) is 1.89. The molecule has 0 aliphatic rings. The number of para-hydroxylation sites is 2. The third-order valence-corrected chi connectivity index (χ3v) is 2.34. The van der Waals surface area contributed by atoms with E-state index in [9.17, 15) is 0 Å². The topological polar surface area (TPSA) is 56.3 Å². The van der Waals surface area contributed by atoms with E-state index in [-0.39, 0.29) is 0 Å². The SMILES string of the molecule is CNc1nc(C)cc(Oc2ccccc2OC)n1. The molecule has 0 aliphatic heterocycles. The molecule has 0 radical (unpaired) electrons. The Morgan fingerprint density at radius 3 is 2.50 bits per heavy atom. The lowest BCUT2D eigenvalue weighted by molar-refractivity contribution is 0.374. The lowest BCUT2D eigenvalue weighted by Gasteiger charge is -2.10. The van der Waals surface area contributed by atoms with Crippen molar-refractivity contribution in [1.82, 2.24) is 9.97 Å². The molecule has 2 aromatic rings. The number of anilines is 1. The molecular formula is C13H15N3O2. The van der Waals surface area contributed by atoms with Crippen LogP contribution in [0.15, 0.2) is 30.3 Å². The summed E-state index contributed by atoms with van der Waals surface area (Å²) < 4.78 is 10.9. The summed E-state index contributed by atoms with van der Waals surface area (Å²) in [7, 11) is 3.37.